The normalized spacial score (nSPS) is 14.0. The Morgan fingerprint density at radius 3 is 2.16 bits per heavy atom. The van der Waals surface area contributed by atoms with E-state index in [4.69, 9.17) is 21.7 Å². The zero-order chi connectivity index (χ0) is 26.4. The molecule has 1 aliphatic heterocycles. The lowest BCUT2D eigenvalue weighted by molar-refractivity contribution is -0.130. The van der Waals surface area contributed by atoms with Gasteiger partial charge in [0.15, 0.2) is 0 Å². The van der Waals surface area contributed by atoms with Gasteiger partial charge >= 0.3 is 0 Å². The average molecular weight is 521 g/mol. The SMILES string of the molecule is CC(=O)N1CCN(/C(C=N)=C(\Oc2ccc(-c3ccccc3F)cc2)C(=O)Nc2ccc(Cl)cc2)CC1. The van der Waals surface area contributed by atoms with Crippen LogP contribution >= 0.6 is 11.6 Å². The predicted octanol–water partition coefficient (Wildman–Crippen LogP) is 5.19. The molecule has 0 radical (unpaired) electrons. The summed E-state index contributed by atoms with van der Waals surface area (Å²) < 4.78 is 20.3. The summed E-state index contributed by atoms with van der Waals surface area (Å²) in [5.41, 5.74) is 1.91. The monoisotopic (exact) mass is 520 g/mol. The topological polar surface area (TPSA) is 85.7 Å². The molecule has 2 amide bonds. The minimum Gasteiger partial charge on any atom is -0.449 e. The number of piperazine rings is 1. The first-order chi connectivity index (χ1) is 17.9. The quantitative estimate of drug-likeness (QED) is 0.255. The van der Waals surface area contributed by atoms with Crippen LogP contribution in [0, 0.1) is 11.2 Å². The number of hydrogen-bond donors (Lipinski definition) is 2. The van der Waals surface area contributed by atoms with Crippen LogP contribution in [-0.4, -0.2) is 54.0 Å². The number of halogens is 2. The van der Waals surface area contributed by atoms with Gasteiger partial charge in [-0.2, -0.15) is 0 Å². The standard InChI is InChI=1S/C28H26ClFN4O3/c1-19(35)33-14-16-34(17-15-33)26(18-31)27(28(36)32-22-10-8-21(29)9-11-22)37-23-12-6-20(7-13-23)24-4-2-3-5-25(24)30/h2-13,18,31H,14-17H2,1H3,(H,32,36)/b27-26-,31-18?. The number of allylic oxidation sites excluding steroid dienone is 1. The molecule has 0 saturated carbocycles. The van der Waals surface area contributed by atoms with Gasteiger partial charge in [0.1, 0.15) is 17.3 Å². The van der Waals surface area contributed by atoms with E-state index >= 15 is 0 Å². The van der Waals surface area contributed by atoms with Gasteiger partial charge in [0.05, 0.1) is 0 Å². The second-order valence-electron chi connectivity index (χ2n) is 8.42. The Morgan fingerprint density at radius 2 is 1.57 bits per heavy atom. The summed E-state index contributed by atoms with van der Waals surface area (Å²) in [5.74, 6) is -0.627. The van der Waals surface area contributed by atoms with Gasteiger partial charge in [-0.05, 0) is 48.0 Å². The molecule has 2 N–H and O–H groups in total. The van der Waals surface area contributed by atoms with E-state index in [1.807, 2.05) is 4.90 Å². The lowest BCUT2D eigenvalue weighted by Crippen LogP contribution is -2.48. The fourth-order valence-electron chi connectivity index (χ4n) is 4.01. The lowest BCUT2D eigenvalue weighted by atomic mass is 10.1. The number of carbonyl (C=O) groups excluding carboxylic acids is 2. The van der Waals surface area contributed by atoms with Crippen LogP contribution in [0.5, 0.6) is 5.75 Å². The van der Waals surface area contributed by atoms with Crippen molar-refractivity contribution in [3.05, 3.63) is 95.1 Å². The van der Waals surface area contributed by atoms with Crippen LogP contribution in [-0.2, 0) is 9.59 Å². The summed E-state index contributed by atoms with van der Waals surface area (Å²) >= 11 is 5.96. The van der Waals surface area contributed by atoms with Gasteiger partial charge in [-0.3, -0.25) is 9.59 Å². The van der Waals surface area contributed by atoms with Crippen molar-refractivity contribution in [2.24, 2.45) is 0 Å². The molecule has 9 heteroatoms. The minimum absolute atomic E-state index is 0.0214. The van der Waals surface area contributed by atoms with Crippen LogP contribution in [0.15, 0.2) is 84.3 Å². The van der Waals surface area contributed by atoms with Gasteiger partial charge < -0.3 is 25.3 Å². The van der Waals surface area contributed by atoms with Crippen molar-refractivity contribution < 1.29 is 18.7 Å². The van der Waals surface area contributed by atoms with Crippen molar-refractivity contribution in [1.82, 2.24) is 9.80 Å². The number of ether oxygens (including phenoxy) is 1. The molecular weight excluding hydrogens is 495 g/mol. The highest BCUT2D eigenvalue weighted by atomic mass is 35.5. The van der Waals surface area contributed by atoms with Gasteiger partial charge in [-0.25, -0.2) is 4.39 Å². The molecule has 1 saturated heterocycles. The van der Waals surface area contributed by atoms with Crippen molar-refractivity contribution in [2.45, 2.75) is 6.92 Å². The summed E-state index contributed by atoms with van der Waals surface area (Å²) in [6.45, 7) is 3.34. The summed E-state index contributed by atoms with van der Waals surface area (Å²) in [7, 11) is 0. The fraction of sp³-hybridized carbons (Fsp3) is 0.179. The lowest BCUT2D eigenvalue weighted by Gasteiger charge is -2.36. The molecule has 37 heavy (non-hydrogen) atoms. The molecule has 7 nitrogen and oxygen atoms in total. The number of rotatable bonds is 7. The predicted molar refractivity (Wildman–Crippen MR) is 142 cm³/mol. The maximum Gasteiger partial charge on any atom is 0.293 e. The van der Waals surface area contributed by atoms with E-state index in [9.17, 15) is 14.0 Å². The van der Waals surface area contributed by atoms with E-state index in [1.54, 1.807) is 71.6 Å². The third-order valence-electron chi connectivity index (χ3n) is 6.00. The van der Waals surface area contributed by atoms with E-state index in [0.29, 0.717) is 53.8 Å². The third kappa shape index (κ3) is 6.34. The highest BCUT2D eigenvalue weighted by Crippen LogP contribution is 2.27. The van der Waals surface area contributed by atoms with Crippen LogP contribution in [0.2, 0.25) is 5.02 Å². The van der Waals surface area contributed by atoms with E-state index in [2.05, 4.69) is 5.32 Å². The van der Waals surface area contributed by atoms with Crippen molar-refractivity contribution in [1.29, 1.82) is 5.41 Å². The average Bonchev–Trinajstić information content (AvgIpc) is 2.91. The number of amides is 2. The van der Waals surface area contributed by atoms with Gasteiger partial charge in [-0.1, -0.05) is 41.9 Å². The maximum absolute atomic E-state index is 14.2. The smallest absolute Gasteiger partial charge is 0.293 e. The molecular formula is C28H26ClFN4O3. The summed E-state index contributed by atoms with van der Waals surface area (Å²) in [6, 6.07) is 19.8. The van der Waals surface area contributed by atoms with Crippen molar-refractivity contribution in [2.75, 3.05) is 31.5 Å². The van der Waals surface area contributed by atoms with Gasteiger partial charge in [-0.15, -0.1) is 0 Å². The number of nitrogens with zero attached hydrogens (tertiary/aromatic N) is 2. The van der Waals surface area contributed by atoms with Crippen LogP contribution in [0.1, 0.15) is 6.92 Å². The Hall–Kier alpha value is -4.17. The molecule has 1 heterocycles. The molecule has 0 bridgehead atoms. The Balaban J connectivity index is 1.64. The second kappa shape index (κ2) is 11.7. The Morgan fingerprint density at radius 1 is 0.946 bits per heavy atom. The van der Waals surface area contributed by atoms with E-state index < -0.39 is 5.91 Å². The number of nitrogens with one attached hydrogen (secondary N) is 2. The molecule has 0 spiro atoms. The molecule has 0 aliphatic carbocycles. The van der Waals surface area contributed by atoms with Crippen LogP contribution < -0.4 is 10.1 Å². The number of anilines is 1. The number of carbonyl (C=O) groups is 2. The summed E-state index contributed by atoms with van der Waals surface area (Å²) in [6.07, 6.45) is 1.08. The molecule has 3 aromatic carbocycles. The first-order valence-corrected chi connectivity index (χ1v) is 12.1. The summed E-state index contributed by atoms with van der Waals surface area (Å²) in [4.78, 5) is 28.7. The first kappa shape index (κ1) is 25.9. The highest BCUT2D eigenvalue weighted by molar-refractivity contribution is 6.30. The van der Waals surface area contributed by atoms with Crippen LogP contribution in [0.4, 0.5) is 10.1 Å². The van der Waals surface area contributed by atoms with Crippen molar-refractivity contribution in [3.63, 3.8) is 0 Å². The Bertz CT molecular complexity index is 1320. The zero-order valence-corrected chi connectivity index (χ0v) is 21.0. The van der Waals surface area contributed by atoms with Gasteiger partial charge in [0.2, 0.25) is 11.7 Å². The summed E-state index contributed by atoms with van der Waals surface area (Å²) in [5, 5.41) is 11.4. The molecule has 0 atom stereocenters. The molecule has 1 aliphatic rings. The highest BCUT2D eigenvalue weighted by Gasteiger charge is 2.26. The number of hydrogen-bond acceptors (Lipinski definition) is 5. The van der Waals surface area contributed by atoms with Gasteiger partial charge in [0.25, 0.3) is 5.91 Å². The van der Waals surface area contributed by atoms with Crippen LogP contribution in [0.25, 0.3) is 11.1 Å². The van der Waals surface area contributed by atoms with Crippen molar-refractivity contribution >= 4 is 35.3 Å². The Kier molecular flexibility index (Phi) is 8.20. The largest absolute Gasteiger partial charge is 0.449 e. The minimum atomic E-state index is -0.548. The third-order valence-corrected chi connectivity index (χ3v) is 6.25. The molecule has 1 fully saturated rings. The molecule has 4 rings (SSSR count). The molecule has 0 unspecified atom stereocenters. The van der Waals surface area contributed by atoms with E-state index in [1.165, 1.54) is 13.0 Å². The maximum atomic E-state index is 14.2. The number of benzene rings is 3. The van der Waals surface area contributed by atoms with Crippen LogP contribution in [0.3, 0.4) is 0 Å². The molecule has 3 aromatic rings. The van der Waals surface area contributed by atoms with E-state index in [0.717, 1.165) is 6.21 Å². The molecule has 190 valence electrons. The van der Waals surface area contributed by atoms with Gasteiger partial charge in [0, 0.05) is 55.6 Å². The Labute approximate surface area is 219 Å². The zero-order valence-electron chi connectivity index (χ0n) is 20.2. The fourth-order valence-corrected chi connectivity index (χ4v) is 4.14. The molecule has 0 aromatic heterocycles. The van der Waals surface area contributed by atoms with Crippen molar-refractivity contribution in [3.8, 4) is 16.9 Å². The van der Waals surface area contributed by atoms with E-state index in [-0.39, 0.29) is 23.2 Å². The second-order valence-corrected chi connectivity index (χ2v) is 8.86. The first-order valence-electron chi connectivity index (χ1n) is 11.7.